The first-order valence-electron chi connectivity index (χ1n) is 5.66. The van der Waals surface area contributed by atoms with Gasteiger partial charge in [-0.15, -0.1) is 8.20 Å². The van der Waals surface area contributed by atoms with Crippen molar-refractivity contribution in [1.82, 2.24) is 4.90 Å². The van der Waals surface area contributed by atoms with Crippen molar-refractivity contribution >= 4 is 14.5 Å². The number of hydrogen-bond donors (Lipinski definition) is 0. The Bertz CT molecular complexity index is 189. The maximum Gasteiger partial charge on any atom is 0.0163 e. The standard InChI is InChI=1S/C12H22NP/c1-3-12-7-5-4-6-8-13(11-12)9-10-14-2/h4,6,12H,2-3,5,7-11H2,1H3/b6-4+. The van der Waals surface area contributed by atoms with E-state index in [9.17, 15) is 0 Å². The summed E-state index contributed by atoms with van der Waals surface area (Å²) in [4.78, 5) is 2.57. The third-order valence-corrected chi connectivity index (χ3v) is 3.46. The van der Waals surface area contributed by atoms with E-state index in [4.69, 9.17) is 0 Å². The molecule has 0 fully saturated rings. The summed E-state index contributed by atoms with van der Waals surface area (Å²) in [5.74, 6) is 0.904. The summed E-state index contributed by atoms with van der Waals surface area (Å²) in [5.41, 5.74) is 0. The van der Waals surface area contributed by atoms with Crippen LogP contribution in [-0.4, -0.2) is 37.0 Å². The molecule has 0 radical (unpaired) electrons. The summed E-state index contributed by atoms with van der Waals surface area (Å²) < 4.78 is 0. The Hall–Kier alpha value is -0.130. The van der Waals surface area contributed by atoms with Gasteiger partial charge in [-0.3, -0.25) is 4.90 Å². The largest absolute Gasteiger partial charge is 0.299 e. The molecule has 1 aliphatic rings. The van der Waals surface area contributed by atoms with Crippen molar-refractivity contribution in [2.24, 2.45) is 5.92 Å². The van der Waals surface area contributed by atoms with Crippen molar-refractivity contribution in [1.29, 1.82) is 0 Å². The molecule has 1 rings (SSSR count). The minimum Gasteiger partial charge on any atom is -0.299 e. The van der Waals surface area contributed by atoms with Crippen molar-refractivity contribution in [2.75, 3.05) is 25.8 Å². The highest BCUT2D eigenvalue weighted by atomic mass is 31.1. The Morgan fingerprint density at radius 3 is 3.07 bits per heavy atom. The molecular formula is C12H22NP. The number of hydrogen-bond acceptors (Lipinski definition) is 1. The van der Waals surface area contributed by atoms with Gasteiger partial charge in [0.25, 0.3) is 0 Å². The summed E-state index contributed by atoms with van der Waals surface area (Å²) in [6, 6.07) is 0. The Balaban J connectivity index is 2.41. The van der Waals surface area contributed by atoms with Crippen LogP contribution in [0.2, 0.25) is 0 Å². The van der Waals surface area contributed by atoms with Crippen LogP contribution >= 0.6 is 8.20 Å². The predicted octanol–water partition coefficient (Wildman–Crippen LogP) is 3.04. The highest BCUT2D eigenvalue weighted by Gasteiger charge is 2.12. The first-order chi connectivity index (χ1) is 6.86. The van der Waals surface area contributed by atoms with Gasteiger partial charge in [-0.2, -0.15) is 0 Å². The average molecular weight is 211 g/mol. The molecule has 0 amide bonds. The molecule has 1 atom stereocenters. The number of rotatable bonds is 4. The SMILES string of the molecule is C=PCCN1C/C=C/CCC(CC)C1. The second-order valence-electron chi connectivity index (χ2n) is 4.03. The second-order valence-corrected chi connectivity index (χ2v) is 4.92. The van der Waals surface area contributed by atoms with Gasteiger partial charge < -0.3 is 0 Å². The lowest BCUT2D eigenvalue weighted by molar-refractivity contribution is 0.249. The summed E-state index contributed by atoms with van der Waals surface area (Å²) in [6.07, 6.45) is 13.7. The number of allylic oxidation sites excluding steroid dienone is 1. The van der Waals surface area contributed by atoms with Crippen molar-refractivity contribution in [3.8, 4) is 0 Å². The van der Waals surface area contributed by atoms with E-state index in [1.54, 1.807) is 0 Å². The van der Waals surface area contributed by atoms with Gasteiger partial charge in [0.2, 0.25) is 0 Å². The van der Waals surface area contributed by atoms with Crippen LogP contribution in [0.15, 0.2) is 12.2 Å². The molecule has 0 saturated heterocycles. The maximum atomic E-state index is 3.88. The molecule has 0 aromatic heterocycles. The minimum absolute atomic E-state index is 0.904. The summed E-state index contributed by atoms with van der Waals surface area (Å²) in [7, 11) is 1.28. The molecule has 0 spiro atoms. The van der Waals surface area contributed by atoms with E-state index in [1.807, 2.05) is 0 Å². The van der Waals surface area contributed by atoms with Crippen molar-refractivity contribution in [2.45, 2.75) is 26.2 Å². The van der Waals surface area contributed by atoms with Gasteiger partial charge in [0.15, 0.2) is 0 Å². The fourth-order valence-electron chi connectivity index (χ4n) is 1.93. The Labute approximate surface area is 90.0 Å². The zero-order valence-corrected chi connectivity index (χ0v) is 10.2. The molecule has 80 valence electrons. The molecular weight excluding hydrogens is 189 g/mol. The zero-order chi connectivity index (χ0) is 10.2. The molecule has 0 aromatic rings. The molecule has 0 aromatic carbocycles. The van der Waals surface area contributed by atoms with Crippen LogP contribution in [0.4, 0.5) is 0 Å². The predicted molar refractivity (Wildman–Crippen MR) is 67.5 cm³/mol. The van der Waals surface area contributed by atoms with E-state index < -0.39 is 0 Å². The number of nitrogens with zero attached hydrogens (tertiary/aromatic N) is 1. The quantitative estimate of drug-likeness (QED) is 0.510. The van der Waals surface area contributed by atoms with Crippen LogP contribution < -0.4 is 0 Å². The highest BCUT2D eigenvalue weighted by molar-refractivity contribution is 7.36. The van der Waals surface area contributed by atoms with Crippen molar-refractivity contribution in [3.05, 3.63) is 12.2 Å². The second kappa shape index (κ2) is 7.20. The van der Waals surface area contributed by atoms with E-state index in [0.717, 1.165) is 12.5 Å². The Morgan fingerprint density at radius 2 is 2.36 bits per heavy atom. The van der Waals surface area contributed by atoms with Gasteiger partial charge in [-0.1, -0.05) is 31.8 Å². The van der Waals surface area contributed by atoms with E-state index >= 15 is 0 Å². The molecule has 2 heteroatoms. The summed E-state index contributed by atoms with van der Waals surface area (Å²) in [6.45, 7) is 5.96. The van der Waals surface area contributed by atoms with Gasteiger partial charge in [0, 0.05) is 25.8 Å². The minimum atomic E-state index is 0.904. The van der Waals surface area contributed by atoms with Crippen LogP contribution in [0.1, 0.15) is 26.2 Å². The average Bonchev–Trinajstić information content (AvgIpc) is 2.17. The molecule has 1 aliphatic heterocycles. The van der Waals surface area contributed by atoms with Crippen molar-refractivity contribution < 1.29 is 0 Å². The van der Waals surface area contributed by atoms with Crippen LogP contribution in [0, 0.1) is 5.92 Å². The van der Waals surface area contributed by atoms with Gasteiger partial charge in [-0.25, -0.2) is 0 Å². The van der Waals surface area contributed by atoms with Crippen LogP contribution in [0.5, 0.6) is 0 Å². The lowest BCUT2D eigenvalue weighted by Gasteiger charge is -2.26. The van der Waals surface area contributed by atoms with E-state index in [2.05, 4.69) is 30.3 Å². The Morgan fingerprint density at radius 1 is 1.50 bits per heavy atom. The van der Waals surface area contributed by atoms with Crippen LogP contribution in [0.25, 0.3) is 0 Å². The molecule has 1 unspecified atom stereocenters. The lowest BCUT2D eigenvalue weighted by Crippen LogP contribution is -2.32. The highest BCUT2D eigenvalue weighted by Crippen LogP contribution is 2.15. The van der Waals surface area contributed by atoms with Gasteiger partial charge in [-0.05, 0) is 18.8 Å². The third-order valence-electron chi connectivity index (χ3n) is 2.94. The maximum absolute atomic E-state index is 3.88. The molecule has 0 N–H and O–H groups in total. The molecule has 0 bridgehead atoms. The molecule has 1 heterocycles. The first-order valence-corrected chi connectivity index (χ1v) is 6.93. The zero-order valence-electron chi connectivity index (χ0n) is 9.28. The van der Waals surface area contributed by atoms with Crippen LogP contribution in [-0.2, 0) is 0 Å². The van der Waals surface area contributed by atoms with Crippen molar-refractivity contribution in [3.63, 3.8) is 0 Å². The van der Waals surface area contributed by atoms with Gasteiger partial charge >= 0.3 is 0 Å². The fraction of sp³-hybridized carbons (Fsp3) is 0.750. The third kappa shape index (κ3) is 4.39. The first kappa shape index (κ1) is 11.9. The van der Waals surface area contributed by atoms with E-state index in [1.165, 1.54) is 46.7 Å². The van der Waals surface area contributed by atoms with Crippen LogP contribution in [0.3, 0.4) is 0 Å². The van der Waals surface area contributed by atoms with Gasteiger partial charge in [0.05, 0.1) is 0 Å². The van der Waals surface area contributed by atoms with Gasteiger partial charge in [0.1, 0.15) is 0 Å². The topological polar surface area (TPSA) is 3.24 Å². The molecule has 0 saturated carbocycles. The monoisotopic (exact) mass is 211 g/mol. The smallest absolute Gasteiger partial charge is 0.0163 e. The molecule has 14 heavy (non-hydrogen) atoms. The molecule has 0 aliphatic carbocycles. The molecule has 1 nitrogen and oxygen atoms in total. The van der Waals surface area contributed by atoms with E-state index in [0.29, 0.717) is 0 Å². The summed E-state index contributed by atoms with van der Waals surface area (Å²) in [5, 5.41) is 0. The normalized spacial score (nSPS) is 27.1. The summed E-state index contributed by atoms with van der Waals surface area (Å²) >= 11 is 0. The lowest BCUT2D eigenvalue weighted by atomic mass is 9.98. The Kier molecular flexibility index (Phi) is 6.14. The fourth-order valence-corrected chi connectivity index (χ4v) is 2.36. The van der Waals surface area contributed by atoms with E-state index in [-0.39, 0.29) is 0 Å².